The number of ether oxygens (including phenoxy) is 1. The maximum Gasteiger partial charge on any atom is 0.317 e. The molecule has 0 aliphatic carbocycles. The number of aliphatic hydroxyl groups excluding tert-OH is 1. The summed E-state index contributed by atoms with van der Waals surface area (Å²) in [5.74, 6) is 0. The third-order valence-corrected chi connectivity index (χ3v) is 4.03. The molecule has 1 aliphatic rings. The molecule has 2 N–H and O–H groups in total. The van der Waals surface area contributed by atoms with Gasteiger partial charge in [-0.15, -0.1) is 0 Å². The van der Waals surface area contributed by atoms with E-state index in [1.165, 1.54) is 0 Å². The van der Waals surface area contributed by atoms with Crippen molar-refractivity contribution >= 4 is 6.03 Å². The minimum atomic E-state index is -0.672. The van der Waals surface area contributed by atoms with Gasteiger partial charge in [0.1, 0.15) is 0 Å². The van der Waals surface area contributed by atoms with Gasteiger partial charge in [0, 0.05) is 19.7 Å². The number of likely N-dealkylation sites (N-methyl/N-ethyl adjacent to an activating group) is 1. The molecule has 2 rings (SSSR count). The van der Waals surface area contributed by atoms with E-state index < -0.39 is 6.10 Å². The van der Waals surface area contributed by atoms with Gasteiger partial charge >= 0.3 is 6.03 Å². The number of nitrogens with zero attached hydrogens (tertiary/aromatic N) is 1. The quantitative estimate of drug-likeness (QED) is 0.847. The molecule has 1 saturated heterocycles. The van der Waals surface area contributed by atoms with Crippen LogP contribution in [0.1, 0.15) is 37.0 Å². The first-order chi connectivity index (χ1) is 10.6. The van der Waals surface area contributed by atoms with Gasteiger partial charge in [0.25, 0.3) is 0 Å². The first-order valence-corrected chi connectivity index (χ1v) is 7.99. The van der Waals surface area contributed by atoms with Crippen LogP contribution in [0.3, 0.4) is 0 Å². The lowest BCUT2D eigenvalue weighted by Crippen LogP contribution is -2.44. The highest BCUT2D eigenvalue weighted by molar-refractivity contribution is 5.74. The molecule has 122 valence electrons. The van der Waals surface area contributed by atoms with E-state index in [1.54, 1.807) is 4.90 Å². The van der Waals surface area contributed by atoms with Gasteiger partial charge in [0.05, 0.1) is 18.8 Å². The maximum absolute atomic E-state index is 12.2. The van der Waals surface area contributed by atoms with Gasteiger partial charge in [-0.3, -0.25) is 0 Å². The highest BCUT2D eigenvalue weighted by Gasteiger charge is 2.20. The third-order valence-electron chi connectivity index (χ3n) is 4.03. The van der Waals surface area contributed by atoms with Crippen LogP contribution in [0, 0.1) is 6.92 Å². The second kappa shape index (κ2) is 8.15. The summed E-state index contributed by atoms with van der Waals surface area (Å²) in [4.78, 5) is 13.8. The topological polar surface area (TPSA) is 61.8 Å². The number of hydrogen-bond acceptors (Lipinski definition) is 3. The number of hydrogen-bond donors (Lipinski definition) is 2. The second-order valence-corrected chi connectivity index (χ2v) is 5.79. The standard InChI is InChI=1S/C17H26N2O3/c1-3-19(17(21)18-11-15-5-4-10-22-15)12-16(20)14-8-6-13(2)7-9-14/h6-9,15-16,20H,3-5,10-12H2,1-2H3,(H,18,21). The lowest BCUT2D eigenvalue weighted by Gasteiger charge is -2.25. The number of carbonyl (C=O) groups is 1. The molecule has 1 fully saturated rings. The summed E-state index contributed by atoms with van der Waals surface area (Å²) in [7, 11) is 0. The highest BCUT2D eigenvalue weighted by atomic mass is 16.5. The molecule has 0 bridgehead atoms. The van der Waals surface area contributed by atoms with Crippen molar-refractivity contribution in [2.45, 2.75) is 38.9 Å². The van der Waals surface area contributed by atoms with Gasteiger partial charge in [-0.25, -0.2) is 4.79 Å². The van der Waals surface area contributed by atoms with Crippen molar-refractivity contribution in [1.82, 2.24) is 10.2 Å². The van der Waals surface area contributed by atoms with E-state index in [4.69, 9.17) is 4.74 Å². The summed E-state index contributed by atoms with van der Waals surface area (Å²) in [5, 5.41) is 13.2. The Morgan fingerprint density at radius 3 is 2.77 bits per heavy atom. The number of urea groups is 1. The molecule has 0 spiro atoms. The van der Waals surface area contributed by atoms with E-state index in [-0.39, 0.29) is 18.7 Å². The average Bonchev–Trinajstić information content (AvgIpc) is 3.04. The van der Waals surface area contributed by atoms with Gasteiger partial charge in [-0.2, -0.15) is 0 Å². The molecule has 22 heavy (non-hydrogen) atoms. The number of rotatable bonds is 6. The van der Waals surface area contributed by atoms with Crippen LogP contribution >= 0.6 is 0 Å². The summed E-state index contributed by atoms with van der Waals surface area (Å²) in [6.45, 7) is 6.08. The van der Waals surface area contributed by atoms with E-state index in [0.717, 1.165) is 30.6 Å². The van der Waals surface area contributed by atoms with E-state index in [2.05, 4.69) is 5.32 Å². The molecule has 0 radical (unpaired) electrons. The molecule has 5 nitrogen and oxygen atoms in total. The summed E-state index contributed by atoms with van der Waals surface area (Å²) >= 11 is 0. The minimum Gasteiger partial charge on any atom is -0.387 e. The van der Waals surface area contributed by atoms with Crippen molar-refractivity contribution in [3.05, 3.63) is 35.4 Å². The normalized spacial score (nSPS) is 19.0. The van der Waals surface area contributed by atoms with Gasteiger partial charge in [0.2, 0.25) is 0 Å². The molecule has 0 aromatic heterocycles. The molecular weight excluding hydrogens is 280 g/mol. The fraction of sp³-hybridized carbons (Fsp3) is 0.588. The largest absolute Gasteiger partial charge is 0.387 e. The minimum absolute atomic E-state index is 0.129. The molecular formula is C17H26N2O3. The average molecular weight is 306 g/mol. The second-order valence-electron chi connectivity index (χ2n) is 5.79. The highest BCUT2D eigenvalue weighted by Crippen LogP contribution is 2.15. The van der Waals surface area contributed by atoms with Crippen molar-refractivity contribution in [3.8, 4) is 0 Å². The molecule has 5 heteroatoms. The smallest absolute Gasteiger partial charge is 0.317 e. The zero-order valence-corrected chi connectivity index (χ0v) is 13.4. The van der Waals surface area contributed by atoms with Crippen molar-refractivity contribution in [3.63, 3.8) is 0 Å². The Morgan fingerprint density at radius 2 is 2.18 bits per heavy atom. The zero-order chi connectivity index (χ0) is 15.9. The summed E-state index contributed by atoms with van der Waals surface area (Å²) < 4.78 is 5.50. The molecule has 1 aromatic carbocycles. The molecule has 1 aliphatic heterocycles. The first-order valence-electron chi connectivity index (χ1n) is 7.99. The van der Waals surface area contributed by atoms with Crippen molar-refractivity contribution < 1.29 is 14.6 Å². The van der Waals surface area contributed by atoms with Crippen LogP contribution < -0.4 is 5.32 Å². The monoisotopic (exact) mass is 306 g/mol. The lowest BCUT2D eigenvalue weighted by atomic mass is 10.1. The van der Waals surface area contributed by atoms with Gasteiger partial charge in [-0.05, 0) is 32.3 Å². The van der Waals surface area contributed by atoms with E-state index >= 15 is 0 Å². The molecule has 2 unspecified atom stereocenters. The van der Waals surface area contributed by atoms with Crippen LogP contribution in [0.4, 0.5) is 4.79 Å². The van der Waals surface area contributed by atoms with Gasteiger partial charge in [0.15, 0.2) is 0 Å². The number of carbonyl (C=O) groups excluding carboxylic acids is 1. The van der Waals surface area contributed by atoms with Crippen LogP contribution in [0.2, 0.25) is 0 Å². The first kappa shape index (κ1) is 16.8. The Morgan fingerprint density at radius 1 is 1.45 bits per heavy atom. The summed E-state index contributed by atoms with van der Waals surface area (Å²) in [6, 6.07) is 7.58. The molecule has 1 heterocycles. The Hall–Kier alpha value is -1.59. The Bertz CT molecular complexity index is 469. The fourth-order valence-corrected chi connectivity index (χ4v) is 2.58. The predicted molar refractivity (Wildman–Crippen MR) is 85.8 cm³/mol. The summed E-state index contributed by atoms with van der Waals surface area (Å²) in [6.07, 6.45) is 1.52. The van der Waals surface area contributed by atoms with Crippen molar-refractivity contribution in [2.24, 2.45) is 0 Å². The van der Waals surface area contributed by atoms with Gasteiger partial charge in [-0.1, -0.05) is 29.8 Å². The number of aliphatic hydroxyl groups is 1. The zero-order valence-electron chi connectivity index (χ0n) is 13.4. The number of amides is 2. The van der Waals surface area contributed by atoms with Crippen molar-refractivity contribution in [1.29, 1.82) is 0 Å². The molecule has 0 saturated carbocycles. The predicted octanol–water partition coefficient (Wildman–Crippen LogP) is 2.24. The Balaban J connectivity index is 1.84. The lowest BCUT2D eigenvalue weighted by molar-refractivity contribution is 0.103. The Labute approximate surface area is 132 Å². The Kier molecular flexibility index (Phi) is 6.21. The van der Waals surface area contributed by atoms with Crippen LogP contribution in [0.25, 0.3) is 0 Å². The maximum atomic E-state index is 12.2. The SMILES string of the molecule is CCN(CC(O)c1ccc(C)cc1)C(=O)NCC1CCCO1. The van der Waals surface area contributed by atoms with Crippen LogP contribution in [-0.2, 0) is 4.74 Å². The third kappa shape index (κ3) is 4.71. The van der Waals surface area contributed by atoms with E-state index in [0.29, 0.717) is 13.1 Å². The molecule has 1 aromatic rings. The molecule has 2 amide bonds. The van der Waals surface area contributed by atoms with Crippen molar-refractivity contribution in [2.75, 3.05) is 26.2 Å². The summed E-state index contributed by atoms with van der Waals surface area (Å²) in [5.41, 5.74) is 1.98. The van der Waals surface area contributed by atoms with Crippen LogP contribution in [0.15, 0.2) is 24.3 Å². The van der Waals surface area contributed by atoms with Gasteiger partial charge < -0.3 is 20.1 Å². The van der Waals surface area contributed by atoms with E-state index in [9.17, 15) is 9.90 Å². The fourth-order valence-electron chi connectivity index (χ4n) is 2.58. The number of nitrogens with one attached hydrogen (secondary N) is 1. The van der Waals surface area contributed by atoms with Crippen LogP contribution in [0.5, 0.6) is 0 Å². The number of aryl methyl sites for hydroxylation is 1. The molecule has 2 atom stereocenters. The van der Waals surface area contributed by atoms with Crippen LogP contribution in [-0.4, -0.2) is 48.4 Å². The van der Waals surface area contributed by atoms with E-state index in [1.807, 2.05) is 38.1 Å². The number of benzene rings is 1.